The summed E-state index contributed by atoms with van der Waals surface area (Å²) in [5.74, 6) is -0.198. The fraction of sp³-hybridized carbons (Fsp3) is 0.130. The van der Waals surface area contributed by atoms with E-state index in [0.717, 1.165) is 35.3 Å². The van der Waals surface area contributed by atoms with Crippen LogP contribution in [0.4, 0.5) is 0 Å². The van der Waals surface area contributed by atoms with E-state index in [9.17, 15) is 4.79 Å². The zero-order chi connectivity index (χ0) is 18.8. The molecule has 0 spiro atoms. The quantitative estimate of drug-likeness (QED) is 0.524. The number of fused-ring (bicyclic) bond motifs is 1. The molecule has 134 valence electrons. The van der Waals surface area contributed by atoms with Crippen molar-refractivity contribution in [3.63, 3.8) is 0 Å². The van der Waals surface area contributed by atoms with Gasteiger partial charge in [0, 0.05) is 5.56 Å². The number of nitrogens with one attached hydrogen (secondary N) is 1. The summed E-state index contributed by atoms with van der Waals surface area (Å²) in [6, 6.07) is 22.0. The van der Waals surface area contributed by atoms with Crippen LogP contribution in [0.5, 0.6) is 0 Å². The predicted molar refractivity (Wildman–Crippen MR) is 107 cm³/mol. The lowest BCUT2D eigenvalue weighted by molar-refractivity contribution is 0.0697. The molecule has 4 heteroatoms. The van der Waals surface area contributed by atoms with E-state index in [1.54, 1.807) is 18.2 Å². The Balaban J connectivity index is 1.56. The normalized spacial score (nSPS) is 11.0. The molecule has 4 rings (SSSR count). The van der Waals surface area contributed by atoms with Gasteiger partial charge in [-0.1, -0.05) is 55.5 Å². The van der Waals surface area contributed by atoms with Gasteiger partial charge in [-0.2, -0.15) is 0 Å². The van der Waals surface area contributed by atoms with Crippen molar-refractivity contribution in [2.24, 2.45) is 0 Å². The molecule has 4 aromatic rings. The van der Waals surface area contributed by atoms with E-state index < -0.39 is 5.97 Å². The summed E-state index contributed by atoms with van der Waals surface area (Å²) in [5.41, 5.74) is 6.61. The molecule has 0 aliphatic rings. The van der Waals surface area contributed by atoms with Gasteiger partial charge < -0.3 is 10.1 Å². The van der Waals surface area contributed by atoms with Gasteiger partial charge in [-0.05, 0) is 47.7 Å². The molecular weight excluding hydrogens is 336 g/mol. The van der Waals surface area contributed by atoms with E-state index in [-0.39, 0.29) is 5.56 Å². The minimum Gasteiger partial charge on any atom is -0.478 e. The van der Waals surface area contributed by atoms with E-state index in [4.69, 9.17) is 5.11 Å². The van der Waals surface area contributed by atoms with Gasteiger partial charge in [-0.25, -0.2) is 9.78 Å². The van der Waals surface area contributed by atoms with Gasteiger partial charge in [0.05, 0.1) is 16.6 Å². The molecule has 0 amide bonds. The topological polar surface area (TPSA) is 66.0 Å². The third-order valence-electron chi connectivity index (χ3n) is 4.80. The number of H-pyrrole nitrogens is 1. The second-order valence-electron chi connectivity index (χ2n) is 6.67. The third-order valence-corrected chi connectivity index (χ3v) is 4.80. The summed E-state index contributed by atoms with van der Waals surface area (Å²) in [7, 11) is 0. The van der Waals surface area contributed by atoms with Crippen LogP contribution in [-0.2, 0) is 12.8 Å². The number of imidazole rings is 1. The van der Waals surface area contributed by atoms with Gasteiger partial charge in [0.2, 0.25) is 0 Å². The van der Waals surface area contributed by atoms with Crippen LogP contribution in [0.25, 0.3) is 22.4 Å². The van der Waals surface area contributed by atoms with Crippen LogP contribution in [0, 0.1) is 0 Å². The number of carboxylic acid groups (broad SMARTS) is 1. The van der Waals surface area contributed by atoms with Gasteiger partial charge in [0.25, 0.3) is 0 Å². The van der Waals surface area contributed by atoms with Gasteiger partial charge in [0.15, 0.2) is 0 Å². The molecule has 0 fully saturated rings. The van der Waals surface area contributed by atoms with E-state index in [0.29, 0.717) is 0 Å². The molecule has 0 saturated carbocycles. The Morgan fingerprint density at radius 1 is 0.926 bits per heavy atom. The number of carboxylic acids is 1. The molecule has 0 radical (unpaired) electrons. The maximum atomic E-state index is 11.1. The van der Waals surface area contributed by atoms with Crippen molar-refractivity contribution in [3.05, 3.63) is 89.0 Å². The number of rotatable bonds is 5. The third kappa shape index (κ3) is 3.60. The maximum absolute atomic E-state index is 11.1. The second-order valence-corrected chi connectivity index (χ2v) is 6.67. The molecule has 4 nitrogen and oxygen atoms in total. The highest BCUT2D eigenvalue weighted by Crippen LogP contribution is 2.22. The van der Waals surface area contributed by atoms with Crippen molar-refractivity contribution in [3.8, 4) is 11.4 Å². The smallest absolute Gasteiger partial charge is 0.335 e. The summed E-state index contributed by atoms with van der Waals surface area (Å²) in [4.78, 5) is 18.9. The molecular formula is C23H20N2O2. The molecule has 0 aliphatic heterocycles. The number of aromatic amines is 1. The van der Waals surface area contributed by atoms with Crippen molar-refractivity contribution in [2.45, 2.75) is 19.8 Å². The monoisotopic (exact) mass is 356 g/mol. The summed E-state index contributed by atoms with van der Waals surface area (Å²) >= 11 is 0. The average Bonchev–Trinajstić information content (AvgIpc) is 3.12. The van der Waals surface area contributed by atoms with Crippen molar-refractivity contribution in [2.75, 3.05) is 0 Å². The molecule has 0 saturated heterocycles. The fourth-order valence-electron chi connectivity index (χ4n) is 3.19. The summed E-state index contributed by atoms with van der Waals surface area (Å²) in [6.07, 6.45) is 1.95. The van der Waals surface area contributed by atoms with Crippen LogP contribution < -0.4 is 0 Å². The molecule has 1 aromatic heterocycles. The first kappa shape index (κ1) is 17.0. The Morgan fingerprint density at radius 3 is 2.19 bits per heavy atom. The lowest BCUT2D eigenvalue weighted by Crippen LogP contribution is -1.94. The summed E-state index contributed by atoms with van der Waals surface area (Å²) in [6.45, 7) is 2.16. The van der Waals surface area contributed by atoms with Crippen molar-refractivity contribution < 1.29 is 9.90 Å². The van der Waals surface area contributed by atoms with Crippen molar-refractivity contribution in [1.82, 2.24) is 9.97 Å². The summed E-state index contributed by atoms with van der Waals surface area (Å²) in [5, 5.41) is 9.11. The van der Waals surface area contributed by atoms with Gasteiger partial charge >= 0.3 is 5.97 Å². The van der Waals surface area contributed by atoms with Crippen LogP contribution in [0.3, 0.4) is 0 Å². The lowest BCUT2D eigenvalue weighted by atomic mass is 10.0. The number of hydrogen-bond acceptors (Lipinski definition) is 2. The van der Waals surface area contributed by atoms with E-state index in [1.165, 1.54) is 16.7 Å². The van der Waals surface area contributed by atoms with Crippen LogP contribution in [-0.4, -0.2) is 21.0 Å². The number of carbonyl (C=O) groups is 1. The minimum atomic E-state index is -0.940. The van der Waals surface area contributed by atoms with Crippen molar-refractivity contribution in [1.29, 1.82) is 0 Å². The molecule has 0 unspecified atom stereocenters. The second kappa shape index (κ2) is 7.08. The van der Waals surface area contributed by atoms with E-state index in [1.807, 2.05) is 12.1 Å². The standard InChI is InChI=1S/C23H20N2O2/c1-2-15-3-5-16(6-4-15)13-17-7-9-18(10-8-17)22-24-20-12-11-19(23(26)27)14-21(20)25-22/h3-12,14H,2,13H2,1H3,(H,24,25)(H,26,27). The SMILES string of the molecule is CCc1ccc(Cc2ccc(-c3nc4ccc(C(=O)O)cc4[nH]3)cc2)cc1. The van der Waals surface area contributed by atoms with Gasteiger partial charge in [-0.15, -0.1) is 0 Å². The fourth-order valence-corrected chi connectivity index (χ4v) is 3.19. The van der Waals surface area contributed by atoms with Gasteiger partial charge in [-0.3, -0.25) is 0 Å². The molecule has 1 heterocycles. The highest BCUT2D eigenvalue weighted by Gasteiger charge is 2.09. The lowest BCUT2D eigenvalue weighted by Gasteiger charge is -2.04. The highest BCUT2D eigenvalue weighted by molar-refractivity contribution is 5.93. The number of aryl methyl sites for hydroxylation is 1. The molecule has 27 heavy (non-hydrogen) atoms. The first-order valence-electron chi connectivity index (χ1n) is 9.02. The Labute approximate surface area is 157 Å². The van der Waals surface area contributed by atoms with Crippen LogP contribution in [0.15, 0.2) is 66.7 Å². The number of hydrogen-bond donors (Lipinski definition) is 2. The number of aromatic carboxylic acids is 1. The highest BCUT2D eigenvalue weighted by atomic mass is 16.4. The zero-order valence-electron chi connectivity index (χ0n) is 15.1. The Hall–Kier alpha value is -3.40. The predicted octanol–water partition coefficient (Wildman–Crippen LogP) is 5.08. The average molecular weight is 356 g/mol. The molecule has 0 bridgehead atoms. The minimum absolute atomic E-state index is 0.252. The number of nitrogens with zero attached hydrogens (tertiary/aromatic N) is 1. The van der Waals surface area contributed by atoms with Crippen molar-refractivity contribution >= 4 is 17.0 Å². The summed E-state index contributed by atoms with van der Waals surface area (Å²) < 4.78 is 0. The number of aromatic nitrogens is 2. The Morgan fingerprint density at radius 2 is 1.56 bits per heavy atom. The molecule has 3 aromatic carbocycles. The van der Waals surface area contributed by atoms with E-state index in [2.05, 4.69) is 53.3 Å². The Kier molecular flexibility index (Phi) is 4.47. The first-order chi connectivity index (χ1) is 13.1. The van der Waals surface area contributed by atoms with Crippen LogP contribution in [0.2, 0.25) is 0 Å². The Bertz CT molecular complexity index is 1090. The van der Waals surface area contributed by atoms with Crippen LogP contribution >= 0.6 is 0 Å². The largest absolute Gasteiger partial charge is 0.478 e. The molecule has 0 atom stereocenters. The first-order valence-corrected chi connectivity index (χ1v) is 9.02. The van der Waals surface area contributed by atoms with Crippen LogP contribution in [0.1, 0.15) is 34.0 Å². The zero-order valence-corrected chi connectivity index (χ0v) is 15.1. The van der Waals surface area contributed by atoms with Gasteiger partial charge in [0.1, 0.15) is 5.82 Å². The number of benzene rings is 3. The maximum Gasteiger partial charge on any atom is 0.335 e. The molecule has 2 N–H and O–H groups in total. The molecule has 0 aliphatic carbocycles. The van der Waals surface area contributed by atoms with E-state index >= 15 is 0 Å².